The Balaban J connectivity index is 1.31. The number of para-hydroxylation sites is 2. The lowest BCUT2D eigenvalue weighted by molar-refractivity contribution is -0.125. The van der Waals surface area contributed by atoms with Gasteiger partial charge in [0.2, 0.25) is 5.91 Å². The summed E-state index contributed by atoms with van der Waals surface area (Å²) >= 11 is 0. The number of halogens is 1. The second-order valence-electron chi connectivity index (χ2n) is 8.91. The molecule has 6 nitrogen and oxygen atoms in total. The lowest BCUT2D eigenvalue weighted by Gasteiger charge is -2.32. The fourth-order valence-electron chi connectivity index (χ4n) is 4.64. The Morgan fingerprint density at radius 1 is 0.943 bits per heavy atom. The Morgan fingerprint density at radius 3 is 2.43 bits per heavy atom. The van der Waals surface area contributed by atoms with E-state index in [0.29, 0.717) is 44.8 Å². The van der Waals surface area contributed by atoms with Crippen LogP contribution >= 0.6 is 0 Å². The van der Waals surface area contributed by atoms with Crippen LogP contribution in [0.15, 0.2) is 83.7 Å². The fourth-order valence-corrected chi connectivity index (χ4v) is 4.64. The summed E-state index contributed by atoms with van der Waals surface area (Å²) in [6.07, 6.45) is 1.25. The minimum atomic E-state index is -0.314. The zero-order valence-corrected chi connectivity index (χ0v) is 19.4. The van der Waals surface area contributed by atoms with Crippen LogP contribution in [0.5, 0.6) is 0 Å². The van der Waals surface area contributed by atoms with E-state index in [-0.39, 0.29) is 23.2 Å². The maximum atomic E-state index is 13.5. The van der Waals surface area contributed by atoms with Crippen molar-refractivity contribution in [2.24, 2.45) is 5.92 Å². The molecule has 5 rings (SSSR count). The molecule has 2 heterocycles. The van der Waals surface area contributed by atoms with Gasteiger partial charge in [-0.25, -0.2) is 9.37 Å². The number of rotatable bonds is 6. The van der Waals surface area contributed by atoms with Crippen molar-refractivity contribution < 1.29 is 9.18 Å². The summed E-state index contributed by atoms with van der Waals surface area (Å²) in [5.41, 5.74) is 3.23. The maximum absolute atomic E-state index is 13.5. The van der Waals surface area contributed by atoms with Crippen LogP contribution in [0.25, 0.3) is 11.0 Å². The van der Waals surface area contributed by atoms with Crippen molar-refractivity contribution in [2.45, 2.75) is 25.9 Å². The number of nitrogens with one attached hydrogen (secondary N) is 1. The van der Waals surface area contributed by atoms with Gasteiger partial charge < -0.3 is 10.2 Å². The first-order valence-corrected chi connectivity index (χ1v) is 11.9. The number of hydrogen-bond donors (Lipinski definition) is 1. The lowest BCUT2D eigenvalue weighted by Crippen LogP contribution is -2.43. The highest BCUT2D eigenvalue weighted by atomic mass is 19.1. The molecule has 0 aliphatic carbocycles. The van der Waals surface area contributed by atoms with Gasteiger partial charge >= 0.3 is 0 Å². The number of nitrogens with zero attached hydrogens (tertiary/aromatic N) is 3. The molecular formula is C28H27FN4O2. The topological polar surface area (TPSA) is 67.2 Å². The third-order valence-electron chi connectivity index (χ3n) is 6.54. The molecule has 0 atom stereocenters. The number of carbonyl (C=O) groups is 1. The standard InChI is InChI=1S/C28H27FN4O2/c29-23-10-6-9-21(17-23)18-30-27(34)22-13-15-32(16-14-22)26-28(35)33(19-20-7-2-1-3-8-20)25-12-5-4-11-24(25)31-26/h1-12,17,22H,13-16,18-19H2,(H,30,34). The molecule has 1 aromatic heterocycles. The van der Waals surface area contributed by atoms with Gasteiger partial charge in [0.25, 0.3) is 5.56 Å². The second-order valence-corrected chi connectivity index (χ2v) is 8.91. The summed E-state index contributed by atoms with van der Waals surface area (Å²) in [6.45, 7) is 1.91. The molecule has 0 unspecified atom stereocenters. The average Bonchev–Trinajstić information content (AvgIpc) is 2.89. The number of amides is 1. The van der Waals surface area contributed by atoms with Gasteiger partial charge in [0.1, 0.15) is 5.82 Å². The molecule has 1 amide bonds. The molecular weight excluding hydrogens is 443 g/mol. The van der Waals surface area contributed by atoms with Crippen LogP contribution < -0.4 is 15.8 Å². The molecule has 3 aromatic carbocycles. The Kier molecular flexibility index (Phi) is 6.57. The summed E-state index contributed by atoms with van der Waals surface area (Å²) < 4.78 is 15.2. The van der Waals surface area contributed by atoms with Crippen LogP contribution in [0.3, 0.4) is 0 Å². The third kappa shape index (κ3) is 5.09. The van der Waals surface area contributed by atoms with Crippen molar-refractivity contribution in [1.82, 2.24) is 14.9 Å². The molecule has 7 heteroatoms. The molecule has 0 radical (unpaired) electrons. The van der Waals surface area contributed by atoms with Crippen LogP contribution in [-0.2, 0) is 17.9 Å². The number of carbonyl (C=O) groups excluding carboxylic acids is 1. The second kappa shape index (κ2) is 10.1. The largest absolute Gasteiger partial charge is 0.352 e. The molecule has 35 heavy (non-hydrogen) atoms. The van der Waals surface area contributed by atoms with Crippen LogP contribution in [0, 0.1) is 11.7 Å². The first-order valence-electron chi connectivity index (χ1n) is 11.9. The van der Waals surface area contributed by atoms with Gasteiger partial charge in [0, 0.05) is 25.6 Å². The monoisotopic (exact) mass is 470 g/mol. The predicted octanol–water partition coefficient (Wildman–Crippen LogP) is 4.12. The number of piperidine rings is 1. The summed E-state index contributed by atoms with van der Waals surface area (Å²) in [6, 6.07) is 23.8. The van der Waals surface area contributed by atoms with Gasteiger partial charge in [-0.05, 0) is 48.2 Å². The van der Waals surface area contributed by atoms with Crippen LogP contribution in [0.2, 0.25) is 0 Å². The Bertz CT molecular complexity index is 1400. The molecule has 1 aliphatic rings. The highest BCUT2D eigenvalue weighted by Crippen LogP contribution is 2.22. The predicted molar refractivity (Wildman–Crippen MR) is 135 cm³/mol. The van der Waals surface area contributed by atoms with E-state index in [9.17, 15) is 14.0 Å². The molecule has 0 saturated carbocycles. The summed E-state index contributed by atoms with van der Waals surface area (Å²) in [7, 11) is 0. The van der Waals surface area contributed by atoms with Gasteiger partial charge in [0.05, 0.1) is 17.6 Å². The van der Waals surface area contributed by atoms with Crippen LogP contribution in [0.4, 0.5) is 10.2 Å². The number of benzene rings is 3. The van der Waals surface area contributed by atoms with E-state index in [0.717, 1.165) is 22.2 Å². The molecule has 1 aliphatic heterocycles. The zero-order chi connectivity index (χ0) is 24.2. The SMILES string of the molecule is O=C(NCc1cccc(F)c1)C1CCN(c2nc3ccccc3n(Cc3ccccc3)c2=O)CC1. The maximum Gasteiger partial charge on any atom is 0.294 e. The molecule has 0 spiro atoms. The van der Waals surface area contributed by atoms with Crippen molar-refractivity contribution in [1.29, 1.82) is 0 Å². The van der Waals surface area contributed by atoms with Crippen LogP contribution in [0.1, 0.15) is 24.0 Å². The highest BCUT2D eigenvalue weighted by molar-refractivity contribution is 5.79. The molecule has 4 aromatic rings. The smallest absolute Gasteiger partial charge is 0.294 e. The summed E-state index contributed by atoms with van der Waals surface area (Å²) in [5, 5.41) is 2.92. The molecule has 1 fully saturated rings. The first-order chi connectivity index (χ1) is 17.1. The van der Waals surface area contributed by atoms with Crippen molar-refractivity contribution >= 4 is 22.8 Å². The lowest BCUT2D eigenvalue weighted by atomic mass is 9.96. The number of anilines is 1. The third-order valence-corrected chi connectivity index (χ3v) is 6.54. The minimum absolute atomic E-state index is 0.0399. The van der Waals surface area contributed by atoms with E-state index in [1.54, 1.807) is 16.7 Å². The fraction of sp³-hybridized carbons (Fsp3) is 0.250. The normalized spacial score (nSPS) is 14.3. The van der Waals surface area contributed by atoms with Gasteiger partial charge in [-0.2, -0.15) is 0 Å². The summed E-state index contributed by atoms with van der Waals surface area (Å²) in [5.74, 6) is -0.0715. The molecule has 1 saturated heterocycles. The van der Waals surface area contributed by atoms with E-state index >= 15 is 0 Å². The Labute approximate surface area is 203 Å². The van der Waals surface area contributed by atoms with Gasteiger partial charge in [0.15, 0.2) is 5.82 Å². The molecule has 178 valence electrons. The number of fused-ring (bicyclic) bond motifs is 1. The Morgan fingerprint density at radius 2 is 1.66 bits per heavy atom. The number of hydrogen-bond acceptors (Lipinski definition) is 4. The average molecular weight is 471 g/mol. The van der Waals surface area contributed by atoms with E-state index < -0.39 is 0 Å². The highest BCUT2D eigenvalue weighted by Gasteiger charge is 2.27. The first kappa shape index (κ1) is 22.8. The summed E-state index contributed by atoms with van der Waals surface area (Å²) in [4.78, 5) is 32.9. The van der Waals surface area contributed by atoms with E-state index in [1.807, 2.05) is 59.5 Å². The van der Waals surface area contributed by atoms with Gasteiger partial charge in [-0.15, -0.1) is 0 Å². The zero-order valence-electron chi connectivity index (χ0n) is 19.4. The van der Waals surface area contributed by atoms with Crippen molar-refractivity contribution in [3.8, 4) is 0 Å². The molecule has 0 bridgehead atoms. The minimum Gasteiger partial charge on any atom is -0.352 e. The van der Waals surface area contributed by atoms with Gasteiger partial charge in [-0.3, -0.25) is 14.2 Å². The van der Waals surface area contributed by atoms with E-state index in [4.69, 9.17) is 4.98 Å². The van der Waals surface area contributed by atoms with Gasteiger partial charge in [-0.1, -0.05) is 54.6 Å². The quantitative estimate of drug-likeness (QED) is 0.461. The van der Waals surface area contributed by atoms with E-state index in [2.05, 4.69) is 5.32 Å². The molecule has 1 N–H and O–H groups in total. The van der Waals surface area contributed by atoms with Crippen LogP contribution in [-0.4, -0.2) is 28.5 Å². The van der Waals surface area contributed by atoms with Crippen molar-refractivity contribution in [3.63, 3.8) is 0 Å². The Hall–Kier alpha value is -4.00. The van der Waals surface area contributed by atoms with Crippen molar-refractivity contribution in [2.75, 3.05) is 18.0 Å². The number of aromatic nitrogens is 2. The van der Waals surface area contributed by atoms with E-state index in [1.165, 1.54) is 12.1 Å². The van der Waals surface area contributed by atoms with Crippen molar-refractivity contribution in [3.05, 3.63) is 106 Å².